The molecular weight excluding hydrogens is 310 g/mol. The number of piperidine rings is 1. The monoisotopic (exact) mass is 329 g/mol. The molecule has 2 fully saturated rings. The van der Waals surface area contributed by atoms with Gasteiger partial charge in [-0.2, -0.15) is 5.06 Å². The first kappa shape index (κ1) is 16.6. The number of rotatable bonds is 5. The Balaban J connectivity index is 1.83. The number of hydrogen-bond donors (Lipinski definition) is 0. The Morgan fingerprint density at radius 3 is 2.71 bits per heavy atom. The Hall–Kier alpha value is -2.27. The fourth-order valence-electron chi connectivity index (χ4n) is 3.43. The van der Waals surface area contributed by atoms with Crippen LogP contribution in [0.3, 0.4) is 0 Å². The van der Waals surface area contributed by atoms with Gasteiger partial charge >= 0.3 is 5.97 Å². The van der Waals surface area contributed by atoms with Crippen molar-refractivity contribution in [3.63, 3.8) is 0 Å². The van der Waals surface area contributed by atoms with Gasteiger partial charge in [0.05, 0.1) is 30.9 Å². The Bertz CT molecular complexity index is 680. The van der Waals surface area contributed by atoms with E-state index in [-0.39, 0.29) is 12.2 Å². The van der Waals surface area contributed by atoms with Crippen molar-refractivity contribution in [2.75, 3.05) is 6.61 Å². The molecule has 126 valence electrons. The van der Waals surface area contributed by atoms with Gasteiger partial charge in [-0.05, 0) is 25.3 Å². The molecule has 2 bridgehead atoms. The number of benzene rings is 1. The molecule has 6 heteroatoms. The van der Waals surface area contributed by atoms with Crippen LogP contribution in [-0.4, -0.2) is 41.4 Å². The summed E-state index contributed by atoms with van der Waals surface area (Å²) >= 11 is 0. The van der Waals surface area contributed by atoms with Crippen molar-refractivity contribution in [3.05, 3.63) is 41.5 Å². The summed E-state index contributed by atoms with van der Waals surface area (Å²) in [5.41, 5.74) is 0.952. The Labute approximate surface area is 140 Å². The van der Waals surface area contributed by atoms with Crippen molar-refractivity contribution in [1.29, 1.82) is 0 Å². The van der Waals surface area contributed by atoms with E-state index < -0.39 is 29.8 Å². The van der Waals surface area contributed by atoms with Gasteiger partial charge in [0.2, 0.25) is 0 Å². The van der Waals surface area contributed by atoms with Gasteiger partial charge in [-0.3, -0.25) is 14.4 Å². The summed E-state index contributed by atoms with van der Waals surface area (Å²) in [6.07, 6.45) is 1.19. The SMILES string of the molecule is CCOC(=O)C1C(=O)C(=C=O)[C@@H]2CC[C@H]1N2OCc1ccccc1. The third-order valence-electron chi connectivity index (χ3n) is 4.51. The van der Waals surface area contributed by atoms with E-state index in [1.54, 1.807) is 17.9 Å². The van der Waals surface area contributed by atoms with Crippen LogP contribution in [0.5, 0.6) is 0 Å². The van der Waals surface area contributed by atoms with Crippen LogP contribution in [0.25, 0.3) is 0 Å². The molecule has 3 rings (SSSR count). The van der Waals surface area contributed by atoms with Crippen LogP contribution in [0.15, 0.2) is 35.9 Å². The maximum Gasteiger partial charge on any atom is 0.318 e. The molecule has 2 heterocycles. The van der Waals surface area contributed by atoms with Crippen molar-refractivity contribution in [2.45, 2.75) is 38.5 Å². The third-order valence-corrected chi connectivity index (χ3v) is 4.51. The molecule has 0 aromatic heterocycles. The molecule has 0 N–H and O–H groups in total. The fourth-order valence-corrected chi connectivity index (χ4v) is 3.43. The van der Waals surface area contributed by atoms with E-state index in [0.29, 0.717) is 19.4 Å². The first-order valence-electron chi connectivity index (χ1n) is 8.08. The number of esters is 1. The number of carbonyl (C=O) groups excluding carboxylic acids is 3. The number of ketones is 1. The van der Waals surface area contributed by atoms with Crippen molar-refractivity contribution in [1.82, 2.24) is 5.06 Å². The lowest BCUT2D eigenvalue weighted by Gasteiger charge is -2.36. The molecule has 0 radical (unpaired) electrons. The average Bonchev–Trinajstić information content (AvgIpc) is 2.91. The minimum atomic E-state index is -1.02. The molecule has 3 atom stereocenters. The third kappa shape index (κ3) is 2.91. The lowest BCUT2D eigenvalue weighted by atomic mass is 9.87. The average molecular weight is 329 g/mol. The van der Waals surface area contributed by atoms with Gasteiger partial charge in [0.25, 0.3) is 0 Å². The van der Waals surface area contributed by atoms with Crippen LogP contribution in [0.4, 0.5) is 0 Å². The molecular formula is C18H19NO5. The molecule has 1 unspecified atom stereocenters. The zero-order chi connectivity index (χ0) is 17.1. The minimum Gasteiger partial charge on any atom is -0.465 e. The second kappa shape index (κ2) is 7.09. The molecule has 2 aliphatic rings. The molecule has 0 amide bonds. The van der Waals surface area contributed by atoms with E-state index in [2.05, 4.69) is 0 Å². The molecule has 0 saturated carbocycles. The number of ether oxygens (including phenoxy) is 1. The van der Waals surface area contributed by atoms with Crippen LogP contribution in [-0.2, 0) is 30.6 Å². The largest absolute Gasteiger partial charge is 0.465 e. The van der Waals surface area contributed by atoms with Crippen LogP contribution in [0.1, 0.15) is 25.3 Å². The van der Waals surface area contributed by atoms with Gasteiger partial charge in [0.1, 0.15) is 11.9 Å². The summed E-state index contributed by atoms with van der Waals surface area (Å²) in [7, 11) is 0. The highest BCUT2D eigenvalue weighted by atomic mass is 16.7. The summed E-state index contributed by atoms with van der Waals surface area (Å²) in [6, 6.07) is 8.75. The van der Waals surface area contributed by atoms with E-state index in [1.807, 2.05) is 30.3 Å². The maximum absolute atomic E-state index is 12.5. The van der Waals surface area contributed by atoms with Gasteiger partial charge in [-0.15, -0.1) is 0 Å². The number of nitrogens with zero attached hydrogens (tertiary/aromatic N) is 1. The van der Waals surface area contributed by atoms with Gasteiger partial charge in [-0.1, -0.05) is 30.3 Å². The van der Waals surface area contributed by atoms with Gasteiger partial charge in [0, 0.05) is 0 Å². The Morgan fingerprint density at radius 1 is 1.29 bits per heavy atom. The summed E-state index contributed by atoms with van der Waals surface area (Å²) in [4.78, 5) is 41.8. The minimum absolute atomic E-state index is 0.0186. The van der Waals surface area contributed by atoms with Gasteiger partial charge in [-0.25, -0.2) is 4.79 Å². The predicted molar refractivity (Wildman–Crippen MR) is 84.2 cm³/mol. The molecule has 2 aliphatic heterocycles. The van der Waals surface area contributed by atoms with Crippen molar-refractivity contribution in [2.24, 2.45) is 5.92 Å². The van der Waals surface area contributed by atoms with Gasteiger partial charge in [0.15, 0.2) is 5.78 Å². The molecule has 1 aromatic rings. The number of hydrogen-bond acceptors (Lipinski definition) is 6. The number of hydroxylamine groups is 2. The van der Waals surface area contributed by atoms with Crippen molar-refractivity contribution < 1.29 is 24.0 Å². The lowest BCUT2D eigenvalue weighted by molar-refractivity contribution is -0.215. The van der Waals surface area contributed by atoms with E-state index in [1.165, 1.54) is 0 Å². The summed E-state index contributed by atoms with van der Waals surface area (Å²) in [5.74, 6) is -0.373. The van der Waals surface area contributed by atoms with E-state index in [9.17, 15) is 14.4 Å². The number of Topliss-reactive ketones (excluding diaryl/α,β-unsaturated/α-hetero) is 1. The molecule has 2 saturated heterocycles. The van der Waals surface area contributed by atoms with Gasteiger partial charge < -0.3 is 4.74 Å². The standard InChI is InChI=1S/C18H19NO5/c1-2-23-18(22)16-15-9-8-14(13(10-20)17(16)21)19(15)24-11-12-6-4-3-5-7-12/h3-7,14-16H,2,8-9,11H2,1H3/t14-,15+,16?/m0/s1. The second-order valence-electron chi connectivity index (χ2n) is 5.89. The zero-order valence-corrected chi connectivity index (χ0v) is 13.4. The van der Waals surface area contributed by atoms with Crippen LogP contribution in [0.2, 0.25) is 0 Å². The second-order valence-corrected chi connectivity index (χ2v) is 5.89. The highest BCUT2D eigenvalue weighted by Gasteiger charge is 2.54. The van der Waals surface area contributed by atoms with Crippen LogP contribution in [0, 0.1) is 5.92 Å². The zero-order valence-electron chi connectivity index (χ0n) is 13.4. The smallest absolute Gasteiger partial charge is 0.318 e. The first-order valence-corrected chi connectivity index (χ1v) is 8.08. The van der Waals surface area contributed by atoms with Crippen molar-refractivity contribution in [3.8, 4) is 0 Å². The first-order chi connectivity index (χ1) is 11.7. The number of carbonyl (C=O) groups is 2. The van der Waals surface area contributed by atoms with E-state index in [4.69, 9.17) is 9.57 Å². The fraction of sp³-hybridized carbons (Fsp3) is 0.444. The normalized spacial score (nSPS) is 26.3. The topological polar surface area (TPSA) is 72.9 Å². The Kier molecular flexibility index (Phi) is 4.90. The molecule has 0 spiro atoms. The van der Waals surface area contributed by atoms with E-state index in [0.717, 1.165) is 5.56 Å². The van der Waals surface area contributed by atoms with E-state index >= 15 is 0 Å². The highest BCUT2D eigenvalue weighted by molar-refractivity contribution is 6.14. The highest BCUT2D eigenvalue weighted by Crippen LogP contribution is 2.40. The summed E-state index contributed by atoms with van der Waals surface area (Å²) in [5, 5.41) is 1.62. The quantitative estimate of drug-likeness (QED) is 0.352. The van der Waals surface area contributed by atoms with Crippen LogP contribution < -0.4 is 0 Å². The van der Waals surface area contributed by atoms with Crippen LogP contribution >= 0.6 is 0 Å². The molecule has 0 aliphatic carbocycles. The molecule has 24 heavy (non-hydrogen) atoms. The lowest BCUT2D eigenvalue weighted by Crippen LogP contribution is -2.53. The predicted octanol–water partition coefficient (Wildman–Crippen LogP) is 1.47. The summed E-state index contributed by atoms with van der Waals surface area (Å²) in [6.45, 7) is 2.18. The Morgan fingerprint density at radius 2 is 2.04 bits per heavy atom. The molecule has 6 nitrogen and oxygen atoms in total. The summed E-state index contributed by atoms with van der Waals surface area (Å²) < 4.78 is 5.02. The number of fused-ring (bicyclic) bond motifs is 2. The van der Waals surface area contributed by atoms with Crippen molar-refractivity contribution >= 4 is 17.7 Å². The maximum atomic E-state index is 12.5. The molecule has 1 aromatic carbocycles.